The van der Waals surface area contributed by atoms with Crippen LogP contribution in [0.25, 0.3) is 0 Å². The van der Waals surface area contributed by atoms with E-state index in [-0.39, 0.29) is 0 Å². The molecule has 2 aliphatic carbocycles. The first-order valence-electron chi connectivity index (χ1n) is 5.17. The summed E-state index contributed by atoms with van der Waals surface area (Å²) in [5.74, 6) is 0. The highest BCUT2D eigenvalue weighted by Crippen LogP contribution is 2.55. The van der Waals surface area contributed by atoms with Gasteiger partial charge in [-0.1, -0.05) is 13.8 Å². The van der Waals surface area contributed by atoms with E-state index in [2.05, 4.69) is 12.4 Å². The van der Waals surface area contributed by atoms with Crippen LogP contribution in [0.2, 0.25) is 0 Å². The summed E-state index contributed by atoms with van der Waals surface area (Å²) in [5.41, 5.74) is 6.43. The maximum Gasteiger partial charge on any atom is 0.00746 e. The SMILES string of the molecule is CC.CNC1CC2(CC(N)C2)C1. The van der Waals surface area contributed by atoms with E-state index < -0.39 is 0 Å². The summed E-state index contributed by atoms with van der Waals surface area (Å²) in [5, 5.41) is 3.30. The molecule has 0 amide bonds. The molecule has 72 valence electrons. The Morgan fingerprint density at radius 3 is 2.00 bits per heavy atom. The van der Waals surface area contributed by atoms with Crippen LogP contribution in [-0.2, 0) is 0 Å². The minimum Gasteiger partial charge on any atom is -0.328 e. The van der Waals surface area contributed by atoms with Gasteiger partial charge in [0.15, 0.2) is 0 Å². The lowest BCUT2D eigenvalue weighted by molar-refractivity contribution is -0.0154. The third kappa shape index (κ3) is 1.64. The number of nitrogens with two attached hydrogens (primary N) is 1. The van der Waals surface area contributed by atoms with Crippen LogP contribution in [0.1, 0.15) is 39.5 Å². The zero-order valence-corrected chi connectivity index (χ0v) is 8.56. The lowest BCUT2D eigenvalue weighted by Crippen LogP contribution is -2.58. The monoisotopic (exact) mass is 170 g/mol. The van der Waals surface area contributed by atoms with Gasteiger partial charge >= 0.3 is 0 Å². The van der Waals surface area contributed by atoms with Crippen molar-refractivity contribution in [3.63, 3.8) is 0 Å². The Morgan fingerprint density at radius 1 is 1.17 bits per heavy atom. The first-order chi connectivity index (χ1) is 5.74. The summed E-state index contributed by atoms with van der Waals surface area (Å²) >= 11 is 0. The van der Waals surface area contributed by atoms with Gasteiger partial charge in [-0.2, -0.15) is 0 Å². The summed E-state index contributed by atoms with van der Waals surface area (Å²) in [6.45, 7) is 4.00. The molecule has 0 unspecified atom stereocenters. The Balaban J connectivity index is 0.000000336. The lowest BCUT2D eigenvalue weighted by Gasteiger charge is -2.57. The van der Waals surface area contributed by atoms with Crippen LogP contribution in [0.5, 0.6) is 0 Å². The summed E-state index contributed by atoms with van der Waals surface area (Å²) in [6.07, 6.45) is 5.31. The second-order valence-electron chi connectivity index (χ2n) is 4.06. The molecule has 2 heteroatoms. The van der Waals surface area contributed by atoms with Gasteiger partial charge in [0.2, 0.25) is 0 Å². The van der Waals surface area contributed by atoms with Crippen molar-refractivity contribution in [3.05, 3.63) is 0 Å². The Morgan fingerprint density at radius 2 is 1.67 bits per heavy atom. The van der Waals surface area contributed by atoms with Gasteiger partial charge in [-0.3, -0.25) is 0 Å². The summed E-state index contributed by atoms with van der Waals surface area (Å²) in [7, 11) is 2.05. The van der Waals surface area contributed by atoms with Gasteiger partial charge in [0, 0.05) is 12.1 Å². The van der Waals surface area contributed by atoms with E-state index in [4.69, 9.17) is 5.73 Å². The number of hydrogen-bond acceptors (Lipinski definition) is 2. The predicted molar refractivity (Wildman–Crippen MR) is 53.1 cm³/mol. The molecule has 2 fully saturated rings. The molecule has 3 N–H and O–H groups in total. The molecule has 0 aliphatic heterocycles. The topological polar surface area (TPSA) is 38.0 Å². The average Bonchev–Trinajstić information content (AvgIpc) is 1.98. The van der Waals surface area contributed by atoms with Gasteiger partial charge in [-0.25, -0.2) is 0 Å². The third-order valence-corrected chi connectivity index (χ3v) is 3.16. The molecule has 0 saturated heterocycles. The Bertz CT molecular complexity index is 131. The Kier molecular flexibility index (Phi) is 3.13. The third-order valence-electron chi connectivity index (χ3n) is 3.16. The van der Waals surface area contributed by atoms with Crippen molar-refractivity contribution in [2.75, 3.05) is 7.05 Å². The van der Waals surface area contributed by atoms with Gasteiger partial charge < -0.3 is 11.1 Å². The molecule has 0 radical (unpaired) electrons. The van der Waals surface area contributed by atoms with Crippen LogP contribution in [0.4, 0.5) is 0 Å². The molecular weight excluding hydrogens is 148 g/mol. The molecule has 0 atom stereocenters. The van der Waals surface area contributed by atoms with E-state index in [0.29, 0.717) is 11.5 Å². The maximum atomic E-state index is 5.73. The zero-order chi connectivity index (χ0) is 9.19. The molecule has 0 aromatic carbocycles. The van der Waals surface area contributed by atoms with Crippen molar-refractivity contribution in [1.29, 1.82) is 0 Å². The first-order valence-corrected chi connectivity index (χ1v) is 5.17. The second kappa shape index (κ2) is 3.75. The smallest absolute Gasteiger partial charge is 0.00746 e. The molecule has 0 aromatic heterocycles. The highest BCUT2D eigenvalue weighted by Gasteiger charge is 2.51. The van der Waals surface area contributed by atoms with Gasteiger partial charge in [-0.05, 0) is 38.1 Å². The van der Waals surface area contributed by atoms with Crippen LogP contribution >= 0.6 is 0 Å². The predicted octanol–water partition coefficient (Wildman–Crippen LogP) is 1.50. The van der Waals surface area contributed by atoms with E-state index in [9.17, 15) is 0 Å². The fraction of sp³-hybridized carbons (Fsp3) is 1.00. The fourth-order valence-electron chi connectivity index (χ4n) is 2.58. The summed E-state index contributed by atoms with van der Waals surface area (Å²) in [4.78, 5) is 0. The van der Waals surface area contributed by atoms with Crippen molar-refractivity contribution >= 4 is 0 Å². The van der Waals surface area contributed by atoms with Crippen LogP contribution in [0.3, 0.4) is 0 Å². The van der Waals surface area contributed by atoms with Crippen molar-refractivity contribution in [1.82, 2.24) is 5.32 Å². The molecule has 2 nitrogen and oxygen atoms in total. The van der Waals surface area contributed by atoms with Crippen molar-refractivity contribution < 1.29 is 0 Å². The van der Waals surface area contributed by atoms with E-state index in [1.54, 1.807) is 0 Å². The zero-order valence-electron chi connectivity index (χ0n) is 8.56. The average molecular weight is 170 g/mol. The summed E-state index contributed by atoms with van der Waals surface area (Å²) in [6, 6.07) is 1.32. The Labute approximate surface area is 75.9 Å². The molecule has 2 saturated carbocycles. The minimum atomic E-state index is 0.526. The van der Waals surface area contributed by atoms with Crippen molar-refractivity contribution in [2.24, 2.45) is 11.1 Å². The maximum absolute atomic E-state index is 5.73. The van der Waals surface area contributed by atoms with Gasteiger partial charge in [0.05, 0.1) is 0 Å². The number of rotatable bonds is 1. The largest absolute Gasteiger partial charge is 0.328 e. The Hall–Kier alpha value is -0.0800. The molecule has 1 spiro atoms. The normalized spacial score (nSPS) is 44.0. The molecule has 2 rings (SSSR count). The van der Waals surface area contributed by atoms with Crippen molar-refractivity contribution in [2.45, 2.75) is 51.6 Å². The van der Waals surface area contributed by atoms with E-state index in [0.717, 1.165) is 6.04 Å². The van der Waals surface area contributed by atoms with Crippen LogP contribution in [0, 0.1) is 5.41 Å². The van der Waals surface area contributed by atoms with Gasteiger partial charge in [0.1, 0.15) is 0 Å². The van der Waals surface area contributed by atoms with E-state index in [1.807, 2.05) is 13.8 Å². The van der Waals surface area contributed by atoms with Crippen molar-refractivity contribution in [3.8, 4) is 0 Å². The van der Waals surface area contributed by atoms with Gasteiger partial charge in [-0.15, -0.1) is 0 Å². The lowest BCUT2D eigenvalue weighted by atomic mass is 9.52. The van der Waals surface area contributed by atoms with Crippen LogP contribution in [0.15, 0.2) is 0 Å². The standard InChI is InChI=1S/C8H16N2.C2H6/c1-10-7-4-8(5-7)2-6(9)3-8;1-2/h6-7,10H,2-5,9H2,1H3;1-2H3. The molecule has 12 heavy (non-hydrogen) atoms. The molecule has 0 heterocycles. The highest BCUT2D eigenvalue weighted by atomic mass is 14.9. The molecule has 0 aromatic rings. The first kappa shape index (κ1) is 10.0. The molecule has 2 aliphatic rings. The number of hydrogen-bond donors (Lipinski definition) is 2. The minimum absolute atomic E-state index is 0.526. The van der Waals surface area contributed by atoms with E-state index in [1.165, 1.54) is 25.7 Å². The fourth-order valence-corrected chi connectivity index (χ4v) is 2.58. The second-order valence-corrected chi connectivity index (χ2v) is 4.06. The highest BCUT2D eigenvalue weighted by molar-refractivity contribution is 5.06. The molecular formula is C10H22N2. The van der Waals surface area contributed by atoms with Gasteiger partial charge in [0.25, 0.3) is 0 Å². The summed E-state index contributed by atoms with van der Waals surface area (Å²) < 4.78 is 0. The number of nitrogens with one attached hydrogen (secondary N) is 1. The van der Waals surface area contributed by atoms with Crippen LogP contribution < -0.4 is 11.1 Å². The van der Waals surface area contributed by atoms with E-state index >= 15 is 0 Å². The molecule has 0 bridgehead atoms. The quantitative estimate of drug-likeness (QED) is 0.626. The van der Waals surface area contributed by atoms with Crippen LogP contribution in [-0.4, -0.2) is 19.1 Å².